The smallest absolute Gasteiger partial charge is 0.228 e. The quantitative estimate of drug-likeness (QED) is 0.632. The van der Waals surface area contributed by atoms with Crippen molar-refractivity contribution in [3.63, 3.8) is 0 Å². The first-order valence-corrected chi connectivity index (χ1v) is 9.72. The number of carbonyl (C=O) groups excluding carboxylic acids is 2. The average molecular weight is 400 g/mol. The minimum Gasteiger partial charge on any atom is -0.378 e. The molecule has 1 aliphatic rings. The predicted octanol–water partition coefficient (Wildman–Crippen LogP) is 3.53. The number of benzene rings is 2. The van der Waals surface area contributed by atoms with Gasteiger partial charge in [0.2, 0.25) is 11.8 Å². The van der Waals surface area contributed by atoms with Gasteiger partial charge in [-0.1, -0.05) is 30.3 Å². The van der Waals surface area contributed by atoms with Crippen molar-refractivity contribution in [1.29, 1.82) is 0 Å². The Bertz CT molecular complexity index is 823. The van der Waals surface area contributed by atoms with Crippen LogP contribution in [0.2, 0.25) is 0 Å². The number of rotatable bonds is 9. The molecule has 2 aromatic rings. The van der Waals surface area contributed by atoms with E-state index in [9.17, 15) is 14.0 Å². The van der Waals surface area contributed by atoms with E-state index < -0.39 is 5.82 Å². The second-order valence-corrected chi connectivity index (χ2v) is 6.91. The number of amides is 2. The Hall–Kier alpha value is -2.77. The maximum absolute atomic E-state index is 14.0. The van der Waals surface area contributed by atoms with E-state index in [4.69, 9.17) is 9.47 Å². The fourth-order valence-electron chi connectivity index (χ4n) is 3.05. The van der Waals surface area contributed by atoms with E-state index in [0.717, 1.165) is 25.0 Å². The Labute approximate surface area is 169 Å². The van der Waals surface area contributed by atoms with Crippen LogP contribution in [-0.2, 0) is 25.5 Å². The number of hydrogen-bond acceptors (Lipinski definition) is 4. The summed E-state index contributed by atoms with van der Waals surface area (Å²) in [6.45, 7) is 1.54. The van der Waals surface area contributed by atoms with Gasteiger partial charge in [0.15, 0.2) is 0 Å². The molecule has 0 spiro atoms. The van der Waals surface area contributed by atoms with E-state index in [0.29, 0.717) is 12.3 Å². The minimum atomic E-state index is -0.565. The number of carbonyl (C=O) groups is 2. The molecule has 1 fully saturated rings. The number of anilines is 2. The number of ether oxygens (including phenoxy) is 2. The van der Waals surface area contributed by atoms with Crippen LogP contribution in [0.25, 0.3) is 0 Å². The Morgan fingerprint density at radius 1 is 1.10 bits per heavy atom. The Kier molecular flexibility index (Phi) is 7.72. The summed E-state index contributed by atoms with van der Waals surface area (Å²) in [7, 11) is 0. The molecule has 7 heteroatoms. The lowest BCUT2D eigenvalue weighted by Gasteiger charge is -2.11. The molecule has 2 aromatic carbocycles. The molecule has 1 aliphatic heterocycles. The molecule has 1 atom stereocenters. The average Bonchev–Trinajstić information content (AvgIpc) is 3.22. The van der Waals surface area contributed by atoms with Gasteiger partial charge in [0.05, 0.1) is 37.8 Å². The second kappa shape index (κ2) is 10.7. The van der Waals surface area contributed by atoms with E-state index in [1.165, 1.54) is 18.2 Å². The Morgan fingerprint density at radius 3 is 2.69 bits per heavy atom. The molecule has 3 rings (SSSR count). The lowest BCUT2D eigenvalue weighted by atomic mass is 10.1. The maximum Gasteiger partial charge on any atom is 0.228 e. The summed E-state index contributed by atoms with van der Waals surface area (Å²) < 4.78 is 25.0. The summed E-state index contributed by atoms with van der Waals surface area (Å²) in [5, 5.41) is 5.24. The molecule has 0 saturated carbocycles. The topological polar surface area (TPSA) is 76.7 Å². The lowest BCUT2D eigenvalue weighted by molar-refractivity contribution is -0.117. The van der Waals surface area contributed by atoms with E-state index in [1.54, 1.807) is 0 Å². The number of halogens is 1. The van der Waals surface area contributed by atoms with Crippen LogP contribution in [0.15, 0.2) is 48.5 Å². The monoisotopic (exact) mass is 400 g/mol. The molecule has 1 unspecified atom stereocenters. The van der Waals surface area contributed by atoms with Crippen LogP contribution in [0.3, 0.4) is 0 Å². The van der Waals surface area contributed by atoms with Crippen molar-refractivity contribution in [3.8, 4) is 0 Å². The molecule has 0 bridgehead atoms. The summed E-state index contributed by atoms with van der Waals surface area (Å²) in [4.78, 5) is 24.2. The zero-order valence-electron chi connectivity index (χ0n) is 16.2. The SMILES string of the molecule is O=C(CCOCC1CCCO1)Nc1ccc(F)c(NC(=O)Cc2ccccc2)c1. The predicted molar refractivity (Wildman–Crippen MR) is 108 cm³/mol. The van der Waals surface area contributed by atoms with Crippen molar-refractivity contribution in [2.45, 2.75) is 31.8 Å². The molecule has 0 radical (unpaired) electrons. The summed E-state index contributed by atoms with van der Waals surface area (Å²) in [6, 6.07) is 13.3. The summed E-state index contributed by atoms with van der Waals surface area (Å²) in [5.74, 6) is -1.14. The molecule has 1 saturated heterocycles. The first-order valence-electron chi connectivity index (χ1n) is 9.72. The van der Waals surface area contributed by atoms with Gasteiger partial charge < -0.3 is 20.1 Å². The van der Waals surface area contributed by atoms with Gasteiger partial charge in [-0.05, 0) is 36.6 Å². The van der Waals surface area contributed by atoms with Crippen LogP contribution in [0.1, 0.15) is 24.8 Å². The third-order valence-corrected chi connectivity index (χ3v) is 4.53. The third kappa shape index (κ3) is 6.96. The van der Waals surface area contributed by atoms with E-state index in [-0.39, 0.29) is 43.1 Å². The van der Waals surface area contributed by atoms with Gasteiger partial charge in [0, 0.05) is 12.3 Å². The first-order chi connectivity index (χ1) is 14.1. The molecular weight excluding hydrogens is 375 g/mol. The van der Waals surface area contributed by atoms with Gasteiger partial charge >= 0.3 is 0 Å². The van der Waals surface area contributed by atoms with Crippen LogP contribution in [0.4, 0.5) is 15.8 Å². The van der Waals surface area contributed by atoms with Crippen molar-refractivity contribution in [3.05, 3.63) is 59.9 Å². The molecule has 2 N–H and O–H groups in total. The van der Waals surface area contributed by atoms with Crippen molar-refractivity contribution < 1.29 is 23.5 Å². The van der Waals surface area contributed by atoms with Gasteiger partial charge in [-0.3, -0.25) is 9.59 Å². The van der Waals surface area contributed by atoms with E-state index >= 15 is 0 Å². The van der Waals surface area contributed by atoms with E-state index in [2.05, 4.69) is 10.6 Å². The standard InChI is InChI=1S/C22H25FN2O4/c23-19-9-8-17(24-21(26)10-12-28-15-18-7-4-11-29-18)14-20(19)25-22(27)13-16-5-2-1-3-6-16/h1-3,5-6,8-9,14,18H,4,7,10-13,15H2,(H,24,26)(H,25,27). The fraction of sp³-hybridized carbons (Fsp3) is 0.364. The zero-order valence-corrected chi connectivity index (χ0v) is 16.2. The zero-order chi connectivity index (χ0) is 20.5. The summed E-state index contributed by atoms with van der Waals surface area (Å²) in [6.07, 6.45) is 2.47. The normalized spacial score (nSPS) is 15.8. The molecule has 29 heavy (non-hydrogen) atoms. The third-order valence-electron chi connectivity index (χ3n) is 4.53. The molecule has 2 amide bonds. The van der Waals surface area contributed by atoms with Gasteiger partial charge in [0.1, 0.15) is 5.82 Å². The molecular formula is C22H25FN2O4. The fourth-order valence-corrected chi connectivity index (χ4v) is 3.05. The van der Waals surface area contributed by atoms with Crippen LogP contribution in [0, 0.1) is 5.82 Å². The highest BCUT2D eigenvalue weighted by Gasteiger charge is 2.15. The van der Waals surface area contributed by atoms with Crippen LogP contribution in [0.5, 0.6) is 0 Å². The molecule has 0 aromatic heterocycles. The molecule has 1 heterocycles. The maximum atomic E-state index is 14.0. The molecule has 0 aliphatic carbocycles. The first kappa shape index (κ1) is 21.0. The highest BCUT2D eigenvalue weighted by atomic mass is 19.1. The highest BCUT2D eigenvalue weighted by Crippen LogP contribution is 2.20. The summed E-state index contributed by atoms with van der Waals surface area (Å²) >= 11 is 0. The second-order valence-electron chi connectivity index (χ2n) is 6.91. The largest absolute Gasteiger partial charge is 0.378 e. The minimum absolute atomic E-state index is 0.0263. The number of hydrogen-bond donors (Lipinski definition) is 2. The van der Waals surface area contributed by atoms with E-state index in [1.807, 2.05) is 30.3 Å². The van der Waals surface area contributed by atoms with Crippen LogP contribution < -0.4 is 10.6 Å². The van der Waals surface area contributed by atoms with Crippen LogP contribution >= 0.6 is 0 Å². The Morgan fingerprint density at radius 2 is 1.93 bits per heavy atom. The van der Waals surface area contributed by atoms with Gasteiger partial charge in [-0.15, -0.1) is 0 Å². The van der Waals surface area contributed by atoms with Gasteiger partial charge in [-0.25, -0.2) is 4.39 Å². The van der Waals surface area contributed by atoms with Gasteiger partial charge in [-0.2, -0.15) is 0 Å². The Balaban J connectivity index is 1.46. The lowest BCUT2D eigenvalue weighted by Crippen LogP contribution is -2.19. The van der Waals surface area contributed by atoms with Crippen LogP contribution in [-0.4, -0.2) is 37.7 Å². The summed E-state index contributed by atoms with van der Waals surface area (Å²) in [5.41, 5.74) is 1.27. The van der Waals surface area contributed by atoms with Crippen molar-refractivity contribution >= 4 is 23.2 Å². The number of nitrogens with one attached hydrogen (secondary N) is 2. The van der Waals surface area contributed by atoms with Crippen molar-refractivity contribution in [2.75, 3.05) is 30.5 Å². The molecule has 6 nitrogen and oxygen atoms in total. The molecule has 154 valence electrons. The van der Waals surface area contributed by atoms with Gasteiger partial charge in [0.25, 0.3) is 0 Å². The highest BCUT2D eigenvalue weighted by molar-refractivity contribution is 5.95. The van der Waals surface area contributed by atoms with Crippen molar-refractivity contribution in [2.24, 2.45) is 0 Å². The van der Waals surface area contributed by atoms with Crippen molar-refractivity contribution in [1.82, 2.24) is 0 Å².